The Labute approximate surface area is 204 Å². The Hall–Kier alpha value is -3.08. The van der Waals surface area contributed by atoms with E-state index in [9.17, 15) is 8.42 Å². The van der Waals surface area contributed by atoms with Crippen LogP contribution in [0.5, 0.6) is 0 Å². The zero-order chi connectivity index (χ0) is 24.4. The van der Waals surface area contributed by atoms with E-state index in [1.807, 2.05) is 38.1 Å². The summed E-state index contributed by atoms with van der Waals surface area (Å²) in [5.41, 5.74) is 2.49. The third-order valence-corrected chi connectivity index (χ3v) is 8.40. The van der Waals surface area contributed by atoms with Crippen LogP contribution < -0.4 is 0 Å². The van der Waals surface area contributed by atoms with E-state index in [1.54, 1.807) is 4.31 Å². The summed E-state index contributed by atoms with van der Waals surface area (Å²) >= 11 is 0. The maximum absolute atomic E-state index is 13.2. The van der Waals surface area contributed by atoms with Gasteiger partial charge in [-0.1, -0.05) is 52.8 Å². The van der Waals surface area contributed by atoms with Crippen LogP contribution in [-0.2, 0) is 23.0 Å². The number of aryl methyl sites for hydroxylation is 3. The zero-order valence-corrected chi connectivity index (χ0v) is 20.8. The number of rotatable bonds is 7. The lowest BCUT2D eigenvalue weighted by Crippen LogP contribution is -2.37. The Balaban J connectivity index is 1.20. The minimum absolute atomic E-state index is 0.104. The average molecular weight is 496 g/mol. The molecule has 0 aliphatic carbocycles. The highest BCUT2D eigenvalue weighted by molar-refractivity contribution is 7.89. The number of benzene rings is 2. The van der Waals surface area contributed by atoms with Gasteiger partial charge in [0.1, 0.15) is 11.3 Å². The molecule has 0 saturated carbocycles. The van der Waals surface area contributed by atoms with Crippen LogP contribution in [0.4, 0.5) is 0 Å². The van der Waals surface area contributed by atoms with Gasteiger partial charge in [0.25, 0.3) is 5.89 Å². The maximum atomic E-state index is 13.2. The molecular weight excluding hydrogens is 466 g/mol. The van der Waals surface area contributed by atoms with Crippen molar-refractivity contribution in [3.8, 4) is 11.5 Å². The quantitative estimate of drug-likeness (QED) is 0.383. The minimum atomic E-state index is -3.37. The smallest absolute Gasteiger partial charge is 0.263 e. The van der Waals surface area contributed by atoms with Crippen molar-refractivity contribution in [2.24, 2.45) is 0 Å². The fourth-order valence-electron chi connectivity index (χ4n) is 4.67. The molecular formula is C25H29N5O4S. The van der Waals surface area contributed by atoms with Crippen molar-refractivity contribution < 1.29 is 17.5 Å². The van der Waals surface area contributed by atoms with Gasteiger partial charge in [-0.25, -0.2) is 12.7 Å². The number of hydrogen-bond acceptors (Lipinski definition) is 8. The zero-order valence-electron chi connectivity index (χ0n) is 20.0. The third-order valence-electron chi connectivity index (χ3n) is 6.53. The lowest BCUT2D eigenvalue weighted by molar-refractivity contribution is 0.266. The van der Waals surface area contributed by atoms with Crippen molar-refractivity contribution in [2.75, 3.05) is 31.9 Å². The van der Waals surface area contributed by atoms with Gasteiger partial charge < -0.3 is 9.05 Å². The van der Waals surface area contributed by atoms with E-state index < -0.39 is 10.0 Å². The molecule has 2 aromatic carbocycles. The van der Waals surface area contributed by atoms with Crippen LogP contribution in [0.15, 0.2) is 51.5 Å². The number of aromatic nitrogens is 3. The van der Waals surface area contributed by atoms with Crippen molar-refractivity contribution in [3.63, 3.8) is 0 Å². The maximum Gasteiger partial charge on any atom is 0.263 e. The predicted octanol–water partition coefficient (Wildman–Crippen LogP) is 3.57. The predicted molar refractivity (Wildman–Crippen MR) is 132 cm³/mol. The van der Waals surface area contributed by atoms with Crippen molar-refractivity contribution in [2.45, 2.75) is 33.2 Å². The fourth-order valence-corrected chi connectivity index (χ4v) is 6.17. The van der Waals surface area contributed by atoms with E-state index in [0.717, 1.165) is 34.9 Å². The Morgan fingerprint density at radius 2 is 1.77 bits per heavy atom. The van der Waals surface area contributed by atoms with E-state index in [2.05, 4.69) is 38.4 Å². The molecule has 1 aliphatic rings. The lowest BCUT2D eigenvalue weighted by Gasteiger charge is -2.21. The van der Waals surface area contributed by atoms with Crippen LogP contribution in [0.3, 0.4) is 0 Å². The van der Waals surface area contributed by atoms with Crippen molar-refractivity contribution in [1.29, 1.82) is 0 Å². The second kappa shape index (κ2) is 9.88. The van der Waals surface area contributed by atoms with Crippen LogP contribution in [0.25, 0.3) is 22.2 Å². The Morgan fingerprint density at radius 1 is 0.943 bits per heavy atom. The van der Waals surface area contributed by atoms with Gasteiger partial charge in [-0.05, 0) is 49.6 Å². The van der Waals surface area contributed by atoms with E-state index in [0.29, 0.717) is 55.8 Å². The van der Waals surface area contributed by atoms with E-state index >= 15 is 0 Å². The first-order valence-electron chi connectivity index (χ1n) is 11.8. The highest BCUT2D eigenvalue weighted by Gasteiger charge is 2.26. The lowest BCUT2D eigenvalue weighted by atomic mass is 10.0. The number of fused-ring (bicyclic) bond motifs is 1. The molecule has 0 unspecified atom stereocenters. The average Bonchev–Trinajstić information content (AvgIpc) is 3.34. The molecule has 1 fully saturated rings. The topological polar surface area (TPSA) is 106 Å². The minimum Gasteiger partial charge on any atom is -0.361 e. The van der Waals surface area contributed by atoms with Gasteiger partial charge in [-0.15, -0.1) is 0 Å². The van der Waals surface area contributed by atoms with Crippen molar-refractivity contribution in [1.82, 2.24) is 24.5 Å². The van der Waals surface area contributed by atoms with Gasteiger partial charge in [0.2, 0.25) is 10.0 Å². The molecule has 0 atom stereocenters. The first-order chi connectivity index (χ1) is 16.9. The number of sulfonamides is 1. The molecule has 1 aliphatic heterocycles. The number of hydrogen-bond donors (Lipinski definition) is 0. The van der Waals surface area contributed by atoms with Crippen LogP contribution in [0, 0.1) is 13.8 Å². The first-order valence-corrected chi connectivity index (χ1v) is 13.4. The summed E-state index contributed by atoms with van der Waals surface area (Å²) < 4.78 is 38.6. The highest BCUT2D eigenvalue weighted by atomic mass is 32.2. The monoisotopic (exact) mass is 495 g/mol. The molecule has 2 aromatic heterocycles. The summed E-state index contributed by atoms with van der Waals surface area (Å²) in [7, 11) is -3.37. The van der Waals surface area contributed by atoms with Crippen molar-refractivity contribution in [3.05, 3.63) is 65.3 Å². The summed E-state index contributed by atoms with van der Waals surface area (Å²) in [6, 6.07) is 14.2. The largest absolute Gasteiger partial charge is 0.361 e. The SMILES string of the molecule is Cc1noc(C)c1-c1nc(CN2CCCN(S(=O)(=O)CCc3cccc4ccccc34)CC2)no1. The molecule has 184 valence electrons. The summed E-state index contributed by atoms with van der Waals surface area (Å²) in [5, 5.41) is 10.3. The molecule has 0 amide bonds. The van der Waals surface area contributed by atoms with Crippen LogP contribution in [-0.4, -0.2) is 64.9 Å². The van der Waals surface area contributed by atoms with E-state index in [4.69, 9.17) is 9.05 Å². The second-order valence-electron chi connectivity index (χ2n) is 8.95. The summed E-state index contributed by atoms with van der Waals surface area (Å²) in [6.45, 7) is 6.49. The molecule has 1 saturated heterocycles. The van der Waals surface area contributed by atoms with Crippen molar-refractivity contribution >= 4 is 20.8 Å². The van der Waals surface area contributed by atoms with Gasteiger partial charge in [0.15, 0.2) is 5.82 Å². The Kier molecular flexibility index (Phi) is 6.68. The fraction of sp³-hybridized carbons (Fsp3) is 0.400. The number of nitrogens with zero attached hydrogens (tertiary/aromatic N) is 5. The van der Waals surface area contributed by atoms with Gasteiger partial charge in [0, 0.05) is 19.6 Å². The standard InChI is InChI=1S/C25H29N5O4S/c1-18-24(19(2)33-27-18)25-26-23(28-34-25)17-29-12-6-13-30(15-14-29)35(31,32)16-11-21-9-5-8-20-7-3-4-10-22(20)21/h3-5,7-10H,6,11-17H2,1-2H3. The van der Waals surface area contributed by atoms with Crippen LogP contribution >= 0.6 is 0 Å². The highest BCUT2D eigenvalue weighted by Crippen LogP contribution is 2.25. The second-order valence-corrected chi connectivity index (χ2v) is 11.0. The molecule has 10 heteroatoms. The summed E-state index contributed by atoms with van der Waals surface area (Å²) in [5.74, 6) is 1.69. The Morgan fingerprint density at radius 3 is 2.60 bits per heavy atom. The van der Waals surface area contributed by atoms with Gasteiger partial charge >= 0.3 is 0 Å². The molecule has 0 radical (unpaired) electrons. The summed E-state index contributed by atoms with van der Waals surface area (Å²) in [4.78, 5) is 6.67. The van der Waals surface area contributed by atoms with Gasteiger partial charge in [0.05, 0.1) is 18.0 Å². The van der Waals surface area contributed by atoms with E-state index in [-0.39, 0.29) is 5.75 Å². The molecule has 0 spiro atoms. The molecule has 0 N–H and O–H groups in total. The molecule has 9 nitrogen and oxygen atoms in total. The molecule has 4 aromatic rings. The molecule has 3 heterocycles. The van der Waals surface area contributed by atoms with Crippen LogP contribution in [0.1, 0.15) is 29.3 Å². The molecule has 5 rings (SSSR count). The normalized spacial score (nSPS) is 16.1. The van der Waals surface area contributed by atoms with Gasteiger partial charge in [-0.3, -0.25) is 4.90 Å². The first kappa shape index (κ1) is 23.7. The Bertz CT molecular complexity index is 1400. The molecule has 0 bridgehead atoms. The molecule has 35 heavy (non-hydrogen) atoms. The van der Waals surface area contributed by atoms with E-state index in [1.165, 1.54) is 0 Å². The third kappa shape index (κ3) is 5.14. The summed E-state index contributed by atoms with van der Waals surface area (Å²) in [6.07, 6.45) is 1.25. The van der Waals surface area contributed by atoms with Crippen LogP contribution in [0.2, 0.25) is 0 Å². The van der Waals surface area contributed by atoms with Gasteiger partial charge in [-0.2, -0.15) is 4.98 Å².